The summed E-state index contributed by atoms with van der Waals surface area (Å²) in [6, 6.07) is 19.8. The van der Waals surface area contributed by atoms with E-state index in [4.69, 9.17) is 12.6 Å². The van der Waals surface area contributed by atoms with Crippen LogP contribution >= 0.6 is 12.6 Å². The van der Waals surface area contributed by atoms with Crippen molar-refractivity contribution in [3.8, 4) is 0 Å². The molecule has 0 aliphatic carbocycles. The number of hydrogen-bond donors (Lipinski definition) is 0. The molecule has 0 fully saturated rings. The first kappa shape index (κ1) is 12.6. The molecule has 2 aromatic carbocycles. The standard InChI is InChI=1S/C15H14NOS/c17-15(18)16(11-13-7-3-1-4-8-13)12-14-9-5-2-6-10-14/h1-10H,11-12H2. The molecule has 2 rings (SSSR count). The van der Waals surface area contributed by atoms with E-state index in [9.17, 15) is 4.79 Å². The Bertz CT molecular complexity index is 457. The Morgan fingerprint density at radius 2 is 1.22 bits per heavy atom. The fourth-order valence-corrected chi connectivity index (χ4v) is 1.92. The van der Waals surface area contributed by atoms with Gasteiger partial charge in [-0.15, -0.1) is 0 Å². The van der Waals surface area contributed by atoms with Crippen molar-refractivity contribution in [2.75, 3.05) is 0 Å². The molecule has 0 atom stereocenters. The lowest BCUT2D eigenvalue weighted by Crippen LogP contribution is -2.25. The number of benzene rings is 2. The van der Waals surface area contributed by atoms with Crippen molar-refractivity contribution >= 4 is 17.9 Å². The van der Waals surface area contributed by atoms with E-state index in [0.29, 0.717) is 13.1 Å². The first-order valence-corrected chi connectivity index (χ1v) is 6.20. The van der Waals surface area contributed by atoms with E-state index < -0.39 is 0 Å². The first-order valence-electron chi connectivity index (χ1n) is 5.79. The predicted molar refractivity (Wildman–Crippen MR) is 75.1 cm³/mol. The van der Waals surface area contributed by atoms with Gasteiger partial charge in [0.15, 0.2) is 0 Å². The number of hydrogen-bond acceptors (Lipinski definition) is 1. The van der Waals surface area contributed by atoms with Crippen LogP contribution in [-0.2, 0) is 13.1 Å². The minimum atomic E-state index is -0.317. The van der Waals surface area contributed by atoms with Crippen LogP contribution in [0.5, 0.6) is 0 Å². The van der Waals surface area contributed by atoms with Gasteiger partial charge in [-0.1, -0.05) is 60.7 Å². The van der Waals surface area contributed by atoms with Crippen molar-refractivity contribution < 1.29 is 4.79 Å². The molecular formula is C15H14NOS. The van der Waals surface area contributed by atoms with Gasteiger partial charge >= 0.3 is 5.24 Å². The van der Waals surface area contributed by atoms with Crippen molar-refractivity contribution in [2.24, 2.45) is 0 Å². The average molecular weight is 256 g/mol. The molecule has 0 heterocycles. The normalized spacial score (nSPS) is 10.0. The predicted octanol–water partition coefficient (Wildman–Crippen LogP) is 4.01. The average Bonchev–Trinajstić information content (AvgIpc) is 2.40. The molecule has 91 valence electrons. The van der Waals surface area contributed by atoms with E-state index in [0.717, 1.165) is 11.1 Å². The number of carbonyl (C=O) groups excluding carboxylic acids is 1. The van der Waals surface area contributed by atoms with Gasteiger partial charge in [-0.3, -0.25) is 4.79 Å². The highest BCUT2D eigenvalue weighted by Gasteiger charge is 2.11. The summed E-state index contributed by atoms with van der Waals surface area (Å²) in [5, 5.41) is -0.317. The van der Waals surface area contributed by atoms with E-state index in [1.54, 1.807) is 4.90 Å². The monoisotopic (exact) mass is 256 g/mol. The van der Waals surface area contributed by atoms with Crippen LogP contribution in [0.1, 0.15) is 11.1 Å². The van der Waals surface area contributed by atoms with Crippen molar-refractivity contribution in [3.63, 3.8) is 0 Å². The summed E-state index contributed by atoms with van der Waals surface area (Å²) in [6.07, 6.45) is 0. The summed E-state index contributed by atoms with van der Waals surface area (Å²) < 4.78 is 0. The Labute approximate surface area is 113 Å². The van der Waals surface area contributed by atoms with Crippen LogP contribution < -0.4 is 0 Å². The molecule has 0 saturated carbocycles. The van der Waals surface area contributed by atoms with Crippen LogP contribution in [-0.4, -0.2) is 10.1 Å². The molecule has 1 amide bonds. The Balaban J connectivity index is 2.08. The molecule has 0 aliphatic heterocycles. The van der Waals surface area contributed by atoms with Crippen LogP contribution in [0, 0.1) is 0 Å². The number of amides is 1. The second-order valence-electron chi connectivity index (χ2n) is 4.09. The highest BCUT2D eigenvalue weighted by Crippen LogP contribution is 2.11. The number of nitrogens with zero attached hydrogens (tertiary/aromatic N) is 1. The van der Waals surface area contributed by atoms with Gasteiger partial charge in [0.1, 0.15) is 0 Å². The highest BCUT2D eigenvalue weighted by molar-refractivity contribution is 7.96. The van der Waals surface area contributed by atoms with Gasteiger partial charge in [-0.2, -0.15) is 0 Å². The zero-order valence-corrected chi connectivity index (χ0v) is 10.8. The number of carbonyl (C=O) groups is 1. The van der Waals surface area contributed by atoms with Crippen LogP contribution in [0.25, 0.3) is 0 Å². The SMILES string of the molecule is O=C([S])N(Cc1ccccc1)Cc1ccccc1. The van der Waals surface area contributed by atoms with Crippen molar-refractivity contribution in [1.82, 2.24) is 4.90 Å². The third-order valence-corrected chi connectivity index (χ3v) is 2.95. The summed E-state index contributed by atoms with van der Waals surface area (Å²) in [7, 11) is 0. The van der Waals surface area contributed by atoms with E-state index in [-0.39, 0.29) is 5.24 Å². The molecule has 0 aromatic heterocycles. The summed E-state index contributed by atoms with van der Waals surface area (Å²) in [5.74, 6) is 0. The quantitative estimate of drug-likeness (QED) is 0.809. The highest BCUT2D eigenvalue weighted by atomic mass is 32.1. The lowest BCUT2D eigenvalue weighted by atomic mass is 10.2. The van der Waals surface area contributed by atoms with Crippen LogP contribution in [0.15, 0.2) is 60.7 Å². The van der Waals surface area contributed by atoms with Gasteiger partial charge in [0.05, 0.1) is 0 Å². The molecule has 0 aliphatic rings. The maximum Gasteiger partial charge on any atom is 0.313 e. The van der Waals surface area contributed by atoms with Crippen LogP contribution in [0.4, 0.5) is 4.79 Å². The van der Waals surface area contributed by atoms with E-state index in [1.807, 2.05) is 60.7 Å². The zero-order chi connectivity index (χ0) is 12.8. The van der Waals surface area contributed by atoms with Crippen molar-refractivity contribution in [2.45, 2.75) is 13.1 Å². The third-order valence-electron chi connectivity index (χ3n) is 2.69. The molecule has 0 spiro atoms. The van der Waals surface area contributed by atoms with E-state index in [2.05, 4.69) is 0 Å². The maximum atomic E-state index is 11.5. The lowest BCUT2D eigenvalue weighted by molar-refractivity contribution is 0.218. The second kappa shape index (κ2) is 6.17. The molecule has 3 heteroatoms. The molecule has 0 saturated heterocycles. The first-order chi connectivity index (χ1) is 8.75. The molecule has 1 radical (unpaired) electrons. The summed E-state index contributed by atoms with van der Waals surface area (Å²) in [6.45, 7) is 1.11. The van der Waals surface area contributed by atoms with Crippen molar-refractivity contribution in [3.05, 3.63) is 71.8 Å². The minimum Gasteiger partial charge on any atom is -0.321 e. The molecule has 0 bridgehead atoms. The Morgan fingerprint density at radius 3 is 1.56 bits per heavy atom. The van der Waals surface area contributed by atoms with Gasteiger partial charge in [-0.05, 0) is 23.8 Å². The molecule has 18 heavy (non-hydrogen) atoms. The summed E-state index contributed by atoms with van der Waals surface area (Å²) in [5.41, 5.74) is 2.18. The van der Waals surface area contributed by atoms with Crippen LogP contribution in [0.3, 0.4) is 0 Å². The summed E-state index contributed by atoms with van der Waals surface area (Å²) >= 11 is 4.79. The van der Waals surface area contributed by atoms with Crippen LogP contribution in [0.2, 0.25) is 0 Å². The number of rotatable bonds is 4. The van der Waals surface area contributed by atoms with Gasteiger partial charge in [0.2, 0.25) is 0 Å². The molecule has 2 nitrogen and oxygen atoms in total. The van der Waals surface area contributed by atoms with Gasteiger partial charge in [-0.25, -0.2) is 0 Å². The minimum absolute atomic E-state index is 0.317. The molecule has 0 unspecified atom stereocenters. The lowest BCUT2D eigenvalue weighted by Gasteiger charge is -2.19. The van der Waals surface area contributed by atoms with E-state index >= 15 is 0 Å². The third kappa shape index (κ3) is 3.57. The molecule has 0 N–H and O–H groups in total. The Morgan fingerprint density at radius 1 is 0.833 bits per heavy atom. The zero-order valence-electron chi connectivity index (χ0n) is 9.95. The smallest absolute Gasteiger partial charge is 0.313 e. The largest absolute Gasteiger partial charge is 0.321 e. The topological polar surface area (TPSA) is 20.3 Å². The fourth-order valence-electron chi connectivity index (χ4n) is 1.79. The second-order valence-corrected chi connectivity index (χ2v) is 4.44. The van der Waals surface area contributed by atoms with Gasteiger partial charge in [0, 0.05) is 13.1 Å². The fraction of sp³-hybridized carbons (Fsp3) is 0.133. The Hall–Kier alpha value is -1.87. The maximum absolute atomic E-state index is 11.5. The van der Waals surface area contributed by atoms with E-state index in [1.165, 1.54) is 0 Å². The Kier molecular flexibility index (Phi) is 4.31. The molecule has 2 aromatic rings. The van der Waals surface area contributed by atoms with Gasteiger partial charge in [0.25, 0.3) is 0 Å². The summed E-state index contributed by atoms with van der Waals surface area (Å²) in [4.78, 5) is 13.2. The van der Waals surface area contributed by atoms with Gasteiger partial charge < -0.3 is 4.90 Å². The van der Waals surface area contributed by atoms with Crippen molar-refractivity contribution in [1.29, 1.82) is 0 Å². The molecular weight excluding hydrogens is 242 g/mol.